The average Bonchev–Trinajstić information content (AvgIpc) is 2.95. The molecule has 0 atom stereocenters. The highest BCUT2D eigenvalue weighted by Crippen LogP contribution is 2.04. The van der Waals surface area contributed by atoms with Gasteiger partial charge in [0.15, 0.2) is 0 Å². The Morgan fingerprint density at radius 3 is 1.27 bits per heavy atom. The third-order valence-corrected chi connectivity index (χ3v) is 4.50. The molecule has 0 amide bonds. The van der Waals surface area contributed by atoms with Gasteiger partial charge in [-0.25, -0.2) is 9.59 Å². The Balaban J connectivity index is 0.000000291. The van der Waals surface area contributed by atoms with Crippen molar-refractivity contribution in [3.05, 3.63) is 143 Å². The second kappa shape index (κ2) is 17.4. The Kier molecular flexibility index (Phi) is 14.1. The molecule has 0 aliphatic rings. The summed E-state index contributed by atoms with van der Waals surface area (Å²) in [4.78, 5) is 21.0. The summed E-state index contributed by atoms with van der Waals surface area (Å²) in [6.45, 7) is 5.92. The molecule has 0 aliphatic carbocycles. The Morgan fingerprint density at radius 1 is 0.568 bits per heavy atom. The van der Waals surface area contributed by atoms with Crippen LogP contribution in [0.25, 0.3) is 0 Å². The summed E-state index contributed by atoms with van der Waals surface area (Å²) in [5, 5.41) is 17.2. The molecule has 0 fully saturated rings. The van der Waals surface area contributed by atoms with Crippen LogP contribution in [0.5, 0.6) is 0 Å². The monoisotopic (exact) mass is 490 g/mol. The van der Waals surface area contributed by atoms with E-state index in [1.54, 1.807) is 48.5 Å². The molecular formula is C33H30O4. The second-order valence-corrected chi connectivity index (χ2v) is 7.18. The molecule has 0 spiro atoms. The number of carbonyl (C=O) groups is 2. The highest BCUT2D eigenvalue weighted by atomic mass is 16.4. The molecular weight excluding hydrogens is 460 g/mol. The molecule has 4 heteroatoms. The summed E-state index contributed by atoms with van der Waals surface area (Å²) >= 11 is 0. The fourth-order valence-corrected chi connectivity index (χ4v) is 2.59. The van der Waals surface area contributed by atoms with E-state index in [1.807, 2.05) is 81.4 Å². The van der Waals surface area contributed by atoms with E-state index >= 15 is 0 Å². The van der Waals surface area contributed by atoms with E-state index in [0.717, 1.165) is 22.3 Å². The van der Waals surface area contributed by atoms with Gasteiger partial charge < -0.3 is 10.2 Å². The van der Waals surface area contributed by atoms with E-state index < -0.39 is 11.9 Å². The summed E-state index contributed by atoms with van der Waals surface area (Å²) < 4.78 is 0. The smallest absolute Gasteiger partial charge is 0.335 e. The van der Waals surface area contributed by atoms with Crippen LogP contribution in [0.2, 0.25) is 0 Å². The van der Waals surface area contributed by atoms with Crippen LogP contribution in [0.1, 0.15) is 56.8 Å². The molecule has 0 saturated heterocycles. The van der Waals surface area contributed by atoms with Crippen LogP contribution in [0.4, 0.5) is 0 Å². The zero-order valence-corrected chi connectivity index (χ0v) is 21.2. The summed E-state index contributed by atoms with van der Waals surface area (Å²) in [5.74, 6) is 6.72. The van der Waals surface area contributed by atoms with Crippen molar-refractivity contribution in [1.82, 2.24) is 0 Å². The molecule has 0 aliphatic heterocycles. The lowest BCUT2D eigenvalue weighted by atomic mass is 10.1. The van der Waals surface area contributed by atoms with Gasteiger partial charge in [-0.15, -0.1) is 6.42 Å². The Morgan fingerprint density at radius 2 is 0.919 bits per heavy atom. The van der Waals surface area contributed by atoms with E-state index in [-0.39, 0.29) is 5.56 Å². The van der Waals surface area contributed by atoms with Gasteiger partial charge in [-0.2, -0.15) is 0 Å². The van der Waals surface area contributed by atoms with Crippen molar-refractivity contribution >= 4 is 11.9 Å². The van der Waals surface area contributed by atoms with Gasteiger partial charge in [-0.1, -0.05) is 85.7 Å². The summed E-state index contributed by atoms with van der Waals surface area (Å²) in [5.41, 5.74) is 4.37. The van der Waals surface area contributed by atoms with E-state index in [4.69, 9.17) is 16.6 Å². The summed E-state index contributed by atoms with van der Waals surface area (Å²) in [6, 6.07) is 32.5. The van der Waals surface area contributed by atoms with E-state index in [0.29, 0.717) is 5.56 Å². The first kappa shape index (κ1) is 30.0. The van der Waals surface area contributed by atoms with Crippen molar-refractivity contribution in [3.8, 4) is 24.2 Å². The Bertz CT molecular complexity index is 1320. The first-order valence-corrected chi connectivity index (χ1v) is 11.6. The van der Waals surface area contributed by atoms with Crippen molar-refractivity contribution in [2.45, 2.75) is 20.8 Å². The van der Waals surface area contributed by atoms with Gasteiger partial charge >= 0.3 is 11.9 Å². The minimum absolute atomic E-state index is 0.273. The molecule has 4 rings (SSSR count). The minimum Gasteiger partial charge on any atom is -0.478 e. The van der Waals surface area contributed by atoms with Gasteiger partial charge in [0.1, 0.15) is 0 Å². The lowest BCUT2D eigenvalue weighted by molar-refractivity contribution is 0.0686. The second-order valence-electron chi connectivity index (χ2n) is 7.18. The lowest BCUT2D eigenvalue weighted by Crippen LogP contribution is -1.94. The van der Waals surface area contributed by atoms with Crippen LogP contribution < -0.4 is 0 Å². The van der Waals surface area contributed by atoms with Crippen molar-refractivity contribution < 1.29 is 19.8 Å². The summed E-state index contributed by atoms with van der Waals surface area (Å²) in [6.07, 6.45) is 5.10. The van der Waals surface area contributed by atoms with Crippen molar-refractivity contribution in [2.24, 2.45) is 0 Å². The van der Waals surface area contributed by atoms with Gasteiger partial charge in [0.2, 0.25) is 0 Å². The van der Waals surface area contributed by atoms with E-state index in [2.05, 4.69) is 17.8 Å². The van der Waals surface area contributed by atoms with E-state index in [1.165, 1.54) is 0 Å². The van der Waals surface area contributed by atoms with Crippen LogP contribution in [0.15, 0.2) is 109 Å². The molecule has 0 unspecified atom stereocenters. The molecule has 186 valence electrons. The minimum atomic E-state index is -0.924. The number of rotatable bonds is 2. The van der Waals surface area contributed by atoms with Crippen molar-refractivity contribution in [2.75, 3.05) is 0 Å². The predicted molar refractivity (Wildman–Crippen MR) is 150 cm³/mol. The van der Waals surface area contributed by atoms with Gasteiger partial charge in [-0.3, -0.25) is 0 Å². The number of hydrogen-bond acceptors (Lipinski definition) is 2. The molecule has 4 aromatic rings. The van der Waals surface area contributed by atoms with Gasteiger partial charge in [0.05, 0.1) is 11.1 Å². The van der Waals surface area contributed by atoms with Gasteiger partial charge in [-0.05, 0) is 67.6 Å². The molecule has 0 heterocycles. The maximum atomic E-state index is 10.7. The molecule has 0 radical (unpaired) electrons. The van der Waals surface area contributed by atoms with E-state index in [9.17, 15) is 9.59 Å². The zero-order chi connectivity index (χ0) is 27.5. The number of hydrogen-bond donors (Lipinski definition) is 2. The fraction of sp³-hybridized carbons (Fsp3) is 0.0909. The van der Waals surface area contributed by atoms with Crippen LogP contribution in [0.3, 0.4) is 0 Å². The topological polar surface area (TPSA) is 74.6 Å². The number of aryl methyl sites for hydroxylation is 1. The number of carboxylic acids is 2. The van der Waals surface area contributed by atoms with Crippen LogP contribution in [0, 0.1) is 31.1 Å². The Hall–Kier alpha value is -5.06. The van der Waals surface area contributed by atoms with Gasteiger partial charge in [0, 0.05) is 16.7 Å². The van der Waals surface area contributed by atoms with Crippen LogP contribution >= 0.6 is 0 Å². The van der Waals surface area contributed by atoms with Crippen LogP contribution in [-0.2, 0) is 0 Å². The quantitative estimate of drug-likeness (QED) is 0.292. The first-order valence-electron chi connectivity index (χ1n) is 11.6. The molecule has 2 N–H and O–H groups in total. The third-order valence-electron chi connectivity index (χ3n) is 4.50. The fourth-order valence-electron chi connectivity index (χ4n) is 2.59. The lowest BCUT2D eigenvalue weighted by Gasteiger charge is -1.93. The average molecular weight is 491 g/mol. The largest absolute Gasteiger partial charge is 0.478 e. The zero-order valence-electron chi connectivity index (χ0n) is 21.2. The molecule has 0 aromatic heterocycles. The molecule has 0 bridgehead atoms. The van der Waals surface area contributed by atoms with Crippen molar-refractivity contribution in [1.29, 1.82) is 0 Å². The third kappa shape index (κ3) is 12.3. The number of aromatic carboxylic acids is 2. The first-order chi connectivity index (χ1) is 17.9. The maximum absolute atomic E-state index is 10.7. The normalized spacial score (nSPS) is 8.59. The SMILES string of the molecule is C#Cc1ccccc1.CC.Cc1ccc(C(=O)O)cc1.O=C(O)c1ccc(C#Cc2ccccc2)cc1. The molecule has 37 heavy (non-hydrogen) atoms. The maximum Gasteiger partial charge on any atom is 0.335 e. The van der Waals surface area contributed by atoms with Crippen LogP contribution in [-0.4, -0.2) is 22.2 Å². The summed E-state index contributed by atoms with van der Waals surface area (Å²) in [7, 11) is 0. The molecule has 4 nitrogen and oxygen atoms in total. The molecule has 4 aromatic carbocycles. The number of carboxylic acid groups (broad SMARTS) is 2. The van der Waals surface area contributed by atoms with Gasteiger partial charge in [0.25, 0.3) is 0 Å². The standard InChI is InChI=1S/C15H10O2.C8H8O2.C8H6.C2H6/c16-15(17)14-10-8-13(9-11-14)7-6-12-4-2-1-3-5-12;1-6-2-4-7(5-3-6)8(9)10;1-2-8-6-4-3-5-7-8;1-2/h1-5,8-11H,(H,16,17);2-5H,1H3,(H,9,10);1,3-7H;1-2H3. The highest BCUT2D eigenvalue weighted by molar-refractivity contribution is 5.88. The molecule has 0 saturated carbocycles. The predicted octanol–water partition coefficient (Wildman–Crippen LogP) is 7.17. The number of terminal acetylenes is 1. The van der Waals surface area contributed by atoms with Crippen molar-refractivity contribution in [3.63, 3.8) is 0 Å². The number of benzene rings is 4. The Labute approximate surface area is 219 Å². The highest BCUT2D eigenvalue weighted by Gasteiger charge is 2.00.